The maximum Gasteiger partial charge on any atom is 0.172 e. The molecule has 2 aromatic heterocycles. The lowest BCUT2D eigenvalue weighted by atomic mass is 9.81. The van der Waals surface area contributed by atoms with E-state index in [-0.39, 0.29) is 5.82 Å². The summed E-state index contributed by atoms with van der Waals surface area (Å²) in [5.41, 5.74) is 2.50. The highest BCUT2D eigenvalue weighted by Crippen LogP contribution is 2.39. The van der Waals surface area contributed by atoms with Gasteiger partial charge in [0.15, 0.2) is 16.7 Å². The summed E-state index contributed by atoms with van der Waals surface area (Å²) in [5, 5.41) is 0.855. The molecule has 4 rings (SSSR count). The summed E-state index contributed by atoms with van der Waals surface area (Å²) in [5.74, 6) is 2.89. The lowest BCUT2D eigenvalue weighted by Crippen LogP contribution is -2.23. The SMILES string of the molecule is COc1ccc(C(C)(C)c2cnc(SCCn3ccnc3C)n2-c2ccc(F)cc2)cc1OC. The third kappa shape index (κ3) is 4.68. The first-order chi connectivity index (χ1) is 16.3. The minimum absolute atomic E-state index is 0.269. The van der Waals surface area contributed by atoms with Gasteiger partial charge < -0.3 is 14.0 Å². The summed E-state index contributed by atoms with van der Waals surface area (Å²) in [6, 6.07) is 12.5. The zero-order valence-corrected chi connectivity index (χ0v) is 20.9. The lowest BCUT2D eigenvalue weighted by molar-refractivity contribution is 0.353. The van der Waals surface area contributed by atoms with Gasteiger partial charge in [-0.25, -0.2) is 14.4 Å². The number of hydrogen-bond acceptors (Lipinski definition) is 5. The number of ether oxygens (including phenoxy) is 2. The highest BCUT2D eigenvalue weighted by atomic mass is 32.2. The van der Waals surface area contributed by atoms with Gasteiger partial charge in [0, 0.05) is 35.8 Å². The van der Waals surface area contributed by atoms with Crippen LogP contribution in [0.2, 0.25) is 0 Å². The first kappa shape index (κ1) is 23.9. The Morgan fingerprint density at radius 2 is 1.74 bits per heavy atom. The van der Waals surface area contributed by atoms with Crippen LogP contribution in [-0.2, 0) is 12.0 Å². The van der Waals surface area contributed by atoms with E-state index in [1.165, 1.54) is 12.1 Å². The van der Waals surface area contributed by atoms with Gasteiger partial charge in [-0.15, -0.1) is 0 Å². The third-order valence-electron chi connectivity index (χ3n) is 6.05. The summed E-state index contributed by atoms with van der Waals surface area (Å²) in [4.78, 5) is 9.07. The fourth-order valence-electron chi connectivity index (χ4n) is 3.97. The zero-order valence-electron chi connectivity index (χ0n) is 20.1. The van der Waals surface area contributed by atoms with E-state index in [4.69, 9.17) is 14.5 Å². The minimum Gasteiger partial charge on any atom is -0.493 e. The van der Waals surface area contributed by atoms with E-state index < -0.39 is 5.41 Å². The molecule has 8 heteroatoms. The number of halogens is 1. The molecule has 0 unspecified atom stereocenters. The van der Waals surface area contributed by atoms with Gasteiger partial charge in [0.1, 0.15) is 11.6 Å². The van der Waals surface area contributed by atoms with Crippen molar-refractivity contribution in [3.05, 3.63) is 84.0 Å². The number of benzene rings is 2. The molecule has 0 aliphatic carbocycles. The number of aromatic nitrogens is 4. The van der Waals surface area contributed by atoms with E-state index in [1.807, 2.05) is 43.7 Å². The molecule has 0 aliphatic heterocycles. The summed E-state index contributed by atoms with van der Waals surface area (Å²) in [7, 11) is 3.26. The lowest BCUT2D eigenvalue weighted by Gasteiger charge is -2.28. The molecule has 0 amide bonds. The molecular weight excluding hydrogens is 451 g/mol. The van der Waals surface area contributed by atoms with Crippen LogP contribution in [0, 0.1) is 12.7 Å². The van der Waals surface area contributed by atoms with Crippen LogP contribution in [0.4, 0.5) is 4.39 Å². The monoisotopic (exact) mass is 480 g/mol. The first-order valence-electron chi connectivity index (χ1n) is 11.0. The molecule has 2 aromatic carbocycles. The summed E-state index contributed by atoms with van der Waals surface area (Å²) < 4.78 is 28.9. The van der Waals surface area contributed by atoms with Crippen LogP contribution < -0.4 is 9.47 Å². The van der Waals surface area contributed by atoms with Crippen molar-refractivity contribution in [2.24, 2.45) is 0 Å². The molecule has 0 N–H and O–H groups in total. The maximum absolute atomic E-state index is 13.7. The molecule has 0 fully saturated rings. The van der Waals surface area contributed by atoms with Gasteiger partial charge in [-0.2, -0.15) is 0 Å². The van der Waals surface area contributed by atoms with Crippen molar-refractivity contribution in [1.29, 1.82) is 0 Å². The number of imidazole rings is 2. The molecule has 0 atom stereocenters. The maximum atomic E-state index is 13.7. The molecule has 0 aliphatic rings. The predicted molar refractivity (Wildman–Crippen MR) is 133 cm³/mol. The smallest absolute Gasteiger partial charge is 0.172 e. The second-order valence-corrected chi connectivity index (χ2v) is 9.51. The van der Waals surface area contributed by atoms with Crippen molar-refractivity contribution >= 4 is 11.8 Å². The Hall–Kier alpha value is -3.26. The van der Waals surface area contributed by atoms with Gasteiger partial charge in [-0.05, 0) is 48.9 Å². The molecule has 0 saturated heterocycles. The molecule has 178 valence electrons. The van der Waals surface area contributed by atoms with Crippen LogP contribution in [0.25, 0.3) is 5.69 Å². The molecule has 0 radical (unpaired) electrons. The molecule has 4 aromatic rings. The summed E-state index contributed by atoms with van der Waals surface area (Å²) >= 11 is 1.66. The van der Waals surface area contributed by atoms with Gasteiger partial charge in [-0.1, -0.05) is 31.7 Å². The number of aryl methyl sites for hydroxylation is 2. The van der Waals surface area contributed by atoms with E-state index in [9.17, 15) is 4.39 Å². The predicted octanol–water partition coefficient (Wildman–Crippen LogP) is 5.65. The fourth-order valence-corrected chi connectivity index (χ4v) is 4.90. The molecular formula is C26H29FN4O2S. The number of rotatable bonds is 9. The highest BCUT2D eigenvalue weighted by molar-refractivity contribution is 7.99. The van der Waals surface area contributed by atoms with Crippen molar-refractivity contribution in [2.75, 3.05) is 20.0 Å². The normalized spacial score (nSPS) is 11.6. The standard InChI is InChI=1S/C26H29FN4O2S/c1-18-28-12-13-30(18)14-15-34-25-29-17-24(31(25)21-9-7-20(27)8-10-21)26(2,3)19-6-11-22(32-4)23(16-19)33-5/h6-13,16-17H,14-15H2,1-5H3. The molecule has 2 heterocycles. The molecule has 0 spiro atoms. The zero-order chi connectivity index (χ0) is 24.3. The van der Waals surface area contributed by atoms with Crippen LogP contribution in [0.5, 0.6) is 11.5 Å². The largest absolute Gasteiger partial charge is 0.493 e. The Labute approximate surface area is 203 Å². The van der Waals surface area contributed by atoms with Crippen molar-refractivity contribution in [3.63, 3.8) is 0 Å². The van der Waals surface area contributed by atoms with Crippen molar-refractivity contribution in [3.8, 4) is 17.2 Å². The van der Waals surface area contributed by atoms with E-state index in [1.54, 1.807) is 38.1 Å². The third-order valence-corrected chi connectivity index (χ3v) is 6.98. The van der Waals surface area contributed by atoms with Crippen LogP contribution >= 0.6 is 11.8 Å². The Balaban J connectivity index is 1.73. The van der Waals surface area contributed by atoms with Crippen LogP contribution in [0.1, 0.15) is 30.9 Å². The second-order valence-electron chi connectivity index (χ2n) is 8.45. The Morgan fingerprint density at radius 1 is 1.00 bits per heavy atom. The first-order valence-corrected chi connectivity index (χ1v) is 12.0. The van der Waals surface area contributed by atoms with Crippen LogP contribution in [0.15, 0.2) is 66.2 Å². The quantitative estimate of drug-likeness (QED) is 0.290. The van der Waals surface area contributed by atoms with Gasteiger partial charge in [-0.3, -0.25) is 4.57 Å². The Bertz CT molecular complexity index is 1260. The minimum atomic E-state index is -0.416. The van der Waals surface area contributed by atoms with Gasteiger partial charge >= 0.3 is 0 Å². The Morgan fingerprint density at radius 3 is 2.38 bits per heavy atom. The molecule has 0 saturated carbocycles. The van der Waals surface area contributed by atoms with Crippen molar-refractivity contribution in [1.82, 2.24) is 19.1 Å². The Kier molecular flexibility index (Phi) is 6.97. The number of nitrogens with zero attached hydrogens (tertiary/aromatic N) is 4. The number of thioether (sulfide) groups is 1. The van der Waals surface area contributed by atoms with E-state index >= 15 is 0 Å². The second kappa shape index (κ2) is 9.93. The van der Waals surface area contributed by atoms with E-state index in [2.05, 4.69) is 28.0 Å². The topological polar surface area (TPSA) is 54.1 Å². The van der Waals surface area contributed by atoms with Gasteiger partial charge in [0.2, 0.25) is 0 Å². The average Bonchev–Trinajstić information content (AvgIpc) is 3.45. The number of methoxy groups -OCH3 is 2. The molecule has 34 heavy (non-hydrogen) atoms. The molecule has 0 bridgehead atoms. The summed E-state index contributed by atoms with van der Waals surface area (Å²) in [6.07, 6.45) is 5.70. The van der Waals surface area contributed by atoms with Gasteiger partial charge in [0.25, 0.3) is 0 Å². The van der Waals surface area contributed by atoms with Crippen LogP contribution in [0.3, 0.4) is 0 Å². The highest BCUT2D eigenvalue weighted by Gasteiger charge is 2.30. The fraction of sp³-hybridized carbons (Fsp3) is 0.308. The summed E-state index contributed by atoms with van der Waals surface area (Å²) in [6.45, 7) is 7.11. The van der Waals surface area contributed by atoms with E-state index in [0.29, 0.717) is 11.5 Å². The van der Waals surface area contributed by atoms with Crippen molar-refractivity contribution < 1.29 is 13.9 Å². The van der Waals surface area contributed by atoms with Crippen molar-refractivity contribution in [2.45, 2.75) is 37.9 Å². The van der Waals surface area contributed by atoms with Gasteiger partial charge in [0.05, 0.1) is 26.1 Å². The van der Waals surface area contributed by atoms with E-state index in [0.717, 1.165) is 40.2 Å². The average molecular weight is 481 g/mol. The van der Waals surface area contributed by atoms with Crippen LogP contribution in [-0.4, -0.2) is 39.1 Å². The molecule has 6 nitrogen and oxygen atoms in total. The number of hydrogen-bond donors (Lipinski definition) is 0.